The topological polar surface area (TPSA) is 80.2 Å². The van der Waals surface area contributed by atoms with Crippen molar-refractivity contribution < 1.29 is 19.4 Å². The SMILES string of the molecule is C/C(=N/Nc1cc(C(=O)O)ccc1Cl)c1ccc2c(c1)OCCCO2. The second-order valence-electron chi connectivity index (χ2n) is 5.52. The van der Waals surface area contributed by atoms with Crippen LogP contribution < -0.4 is 14.9 Å². The van der Waals surface area contributed by atoms with Crippen molar-refractivity contribution in [1.82, 2.24) is 0 Å². The molecular weight excluding hydrogens is 344 g/mol. The van der Waals surface area contributed by atoms with Crippen LogP contribution in [0.5, 0.6) is 11.5 Å². The molecule has 1 heterocycles. The molecule has 6 nitrogen and oxygen atoms in total. The number of ether oxygens (including phenoxy) is 2. The molecule has 1 aliphatic rings. The fourth-order valence-electron chi connectivity index (χ4n) is 2.34. The predicted octanol–water partition coefficient (Wildman–Crippen LogP) is 4.04. The summed E-state index contributed by atoms with van der Waals surface area (Å²) in [5, 5.41) is 13.7. The molecule has 0 atom stereocenters. The maximum absolute atomic E-state index is 11.1. The third kappa shape index (κ3) is 4.03. The molecule has 0 spiro atoms. The molecule has 7 heteroatoms. The van der Waals surface area contributed by atoms with Gasteiger partial charge in [0.25, 0.3) is 0 Å². The van der Waals surface area contributed by atoms with Crippen LogP contribution in [0.1, 0.15) is 29.3 Å². The van der Waals surface area contributed by atoms with Crippen LogP contribution in [0.2, 0.25) is 5.02 Å². The summed E-state index contributed by atoms with van der Waals surface area (Å²) in [6, 6.07) is 10.0. The zero-order valence-corrected chi connectivity index (χ0v) is 14.3. The number of rotatable bonds is 4. The number of carboxylic acids is 1. The monoisotopic (exact) mass is 360 g/mol. The molecule has 0 radical (unpaired) electrons. The maximum Gasteiger partial charge on any atom is 0.335 e. The zero-order valence-electron chi connectivity index (χ0n) is 13.6. The zero-order chi connectivity index (χ0) is 17.8. The number of fused-ring (bicyclic) bond motifs is 1. The van der Waals surface area contributed by atoms with Gasteiger partial charge in [-0.05, 0) is 43.3 Å². The highest BCUT2D eigenvalue weighted by Crippen LogP contribution is 2.30. The number of halogens is 1. The average Bonchev–Trinajstić information content (AvgIpc) is 2.85. The van der Waals surface area contributed by atoms with Crippen molar-refractivity contribution in [3.05, 3.63) is 52.5 Å². The quantitative estimate of drug-likeness (QED) is 0.635. The number of nitrogens with zero attached hydrogens (tertiary/aromatic N) is 1. The Balaban J connectivity index is 1.81. The Bertz CT molecular complexity index is 836. The number of aromatic carboxylic acids is 1. The van der Waals surface area contributed by atoms with Crippen molar-refractivity contribution in [3.8, 4) is 11.5 Å². The van der Waals surface area contributed by atoms with Crippen molar-refractivity contribution in [1.29, 1.82) is 0 Å². The minimum absolute atomic E-state index is 0.135. The molecule has 2 aromatic rings. The summed E-state index contributed by atoms with van der Waals surface area (Å²) >= 11 is 6.08. The van der Waals surface area contributed by atoms with E-state index < -0.39 is 5.97 Å². The largest absolute Gasteiger partial charge is 0.490 e. The third-order valence-electron chi connectivity index (χ3n) is 3.72. The molecule has 130 valence electrons. The van der Waals surface area contributed by atoms with Crippen molar-refractivity contribution in [3.63, 3.8) is 0 Å². The Morgan fingerprint density at radius 2 is 1.84 bits per heavy atom. The van der Waals surface area contributed by atoms with Crippen LogP contribution >= 0.6 is 11.6 Å². The molecule has 0 aromatic heterocycles. The van der Waals surface area contributed by atoms with E-state index in [9.17, 15) is 4.79 Å². The molecule has 2 N–H and O–H groups in total. The normalized spacial score (nSPS) is 13.9. The number of hydrogen-bond acceptors (Lipinski definition) is 5. The smallest absolute Gasteiger partial charge is 0.335 e. The number of carboxylic acid groups (broad SMARTS) is 1. The molecule has 0 unspecified atom stereocenters. The van der Waals surface area contributed by atoms with Gasteiger partial charge < -0.3 is 14.6 Å². The summed E-state index contributed by atoms with van der Waals surface area (Å²) in [7, 11) is 0. The van der Waals surface area contributed by atoms with Gasteiger partial charge in [0.2, 0.25) is 0 Å². The average molecular weight is 361 g/mol. The van der Waals surface area contributed by atoms with Gasteiger partial charge in [-0.3, -0.25) is 5.43 Å². The van der Waals surface area contributed by atoms with Crippen LogP contribution in [-0.2, 0) is 0 Å². The standard InChI is InChI=1S/C18H17ClN2O4/c1-11(12-4-6-16-17(10-12)25-8-2-7-24-16)20-21-15-9-13(18(22)23)3-5-14(15)19/h3-6,9-10,21H,2,7-8H2,1H3,(H,22,23)/b20-11-. The predicted molar refractivity (Wildman–Crippen MR) is 96.3 cm³/mol. The van der Waals surface area contributed by atoms with Crippen LogP contribution in [0.25, 0.3) is 0 Å². The van der Waals surface area contributed by atoms with E-state index in [1.165, 1.54) is 18.2 Å². The molecule has 25 heavy (non-hydrogen) atoms. The first-order chi connectivity index (χ1) is 12.0. The van der Waals surface area contributed by atoms with Gasteiger partial charge in [-0.2, -0.15) is 5.10 Å². The highest BCUT2D eigenvalue weighted by molar-refractivity contribution is 6.33. The Morgan fingerprint density at radius 1 is 1.12 bits per heavy atom. The van der Waals surface area contributed by atoms with Gasteiger partial charge in [-0.25, -0.2) is 4.79 Å². The first kappa shape index (κ1) is 17.1. The minimum Gasteiger partial charge on any atom is -0.490 e. The van der Waals surface area contributed by atoms with Crippen molar-refractivity contribution in [2.75, 3.05) is 18.6 Å². The third-order valence-corrected chi connectivity index (χ3v) is 4.05. The number of hydrazone groups is 1. The minimum atomic E-state index is -1.02. The Hall–Kier alpha value is -2.73. The number of carbonyl (C=O) groups is 1. The van der Waals surface area contributed by atoms with E-state index in [-0.39, 0.29) is 5.56 Å². The lowest BCUT2D eigenvalue weighted by atomic mass is 10.1. The van der Waals surface area contributed by atoms with Gasteiger partial charge >= 0.3 is 5.97 Å². The molecular formula is C18H17ClN2O4. The lowest BCUT2D eigenvalue weighted by molar-refractivity contribution is 0.0697. The van der Waals surface area contributed by atoms with E-state index in [2.05, 4.69) is 10.5 Å². The van der Waals surface area contributed by atoms with Gasteiger partial charge in [0.05, 0.1) is 35.2 Å². The van der Waals surface area contributed by atoms with Crippen molar-refractivity contribution in [2.45, 2.75) is 13.3 Å². The van der Waals surface area contributed by atoms with E-state index in [1.54, 1.807) is 0 Å². The van der Waals surface area contributed by atoms with Crippen LogP contribution in [0.4, 0.5) is 5.69 Å². The van der Waals surface area contributed by atoms with Gasteiger partial charge in [0.15, 0.2) is 11.5 Å². The molecule has 0 aliphatic carbocycles. The van der Waals surface area contributed by atoms with Gasteiger partial charge in [-0.1, -0.05) is 11.6 Å². The van der Waals surface area contributed by atoms with E-state index in [1.807, 2.05) is 25.1 Å². The molecule has 0 amide bonds. The molecule has 1 aliphatic heterocycles. The Kier molecular flexibility index (Phi) is 5.09. The second kappa shape index (κ2) is 7.44. The highest BCUT2D eigenvalue weighted by Gasteiger charge is 2.12. The molecule has 3 rings (SSSR count). The number of anilines is 1. The number of hydrogen-bond donors (Lipinski definition) is 2. The van der Waals surface area contributed by atoms with Gasteiger partial charge in [0, 0.05) is 12.0 Å². The van der Waals surface area contributed by atoms with Crippen LogP contribution in [0, 0.1) is 0 Å². The van der Waals surface area contributed by atoms with Crippen LogP contribution in [0.3, 0.4) is 0 Å². The molecule has 2 aromatic carbocycles. The Morgan fingerprint density at radius 3 is 2.60 bits per heavy atom. The van der Waals surface area contributed by atoms with Crippen molar-refractivity contribution in [2.24, 2.45) is 5.10 Å². The van der Waals surface area contributed by atoms with Gasteiger partial charge in [-0.15, -0.1) is 0 Å². The fourth-order valence-corrected chi connectivity index (χ4v) is 2.50. The summed E-state index contributed by atoms with van der Waals surface area (Å²) in [4.78, 5) is 11.1. The van der Waals surface area contributed by atoms with E-state index in [4.69, 9.17) is 26.2 Å². The first-order valence-corrected chi connectivity index (χ1v) is 8.15. The number of nitrogens with one attached hydrogen (secondary N) is 1. The van der Waals surface area contributed by atoms with Crippen LogP contribution in [-0.4, -0.2) is 30.0 Å². The maximum atomic E-state index is 11.1. The number of benzene rings is 2. The lowest BCUT2D eigenvalue weighted by Crippen LogP contribution is -2.03. The summed E-state index contributed by atoms with van der Waals surface area (Å²) in [6.45, 7) is 3.09. The summed E-state index contributed by atoms with van der Waals surface area (Å²) in [6.07, 6.45) is 0.844. The summed E-state index contributed by atoms with van der Waals surface area (Å²) < 4.78 is 11.3. The van der Waals surface area contributed by atoms with Crippen LogP contribution in [0.15, 0.2) is 41.5 Å². The second-order valence-corrected chi connectivity index (χ2v) is 5.93. The summed E-state index contributed by atoms with van der Waals surface area (Å²) in [5.41, 5.74) is 4.94. The molecule has 0 saturated heterocycles. The molecule has 0 fully saturated rings. The molecule has 0 bridgehead atoms. The highest BCUT2D eigenvalue weighted by atomic mass is 35.5. The molecule has 0 saturated carbocycles. The van der Waals surface area contributed by atoms with E-state index in [0.29, 0.717) is 35.4 Å². The fraction of sp³-hybridized carbons (Fsp3) is 0.222. The van der Waals surface area contributed by atoms with Crippen molar-refractivity contribution >= 4 is 29.0 Å². The summed E-state index contributed by atoms with van der Waals surface area (Å²) in [5.74, 6) is 0.387. The van der Waals surface area contributed by atoms with E-state index in [0.717, 1.165) is 17.7 Å². The first-order valence-electron chi connectivity index (χ1n) is 7.78. The Labute approximate surface area is 150 Å². The van der Waals surface area contributed by atoms with E-state index >= 15 is 0 Å². The lowest BCUT2D eigenvalue weighted by Gasteiger charge is -2.10. The van der Waals surface area contributed by atoms with Gasteiger partial charge in [0.1, 0.15) is 0 Å².